The molecule has 1 heterocycles. The van der Waals surface area contributed by atoms with Crippen molar-refractivity contribution >= 4 is 33.8 Å². The van der Waals surface area contributed by atoms with Crippen LogP contribution in [0.4, 0.5) is 0 Å². The Morgan fingerprint density at radius 1 is 1.00 bits per heavy atom. The fraction of sp³-hybridized carbons (Fsp3) is 0.0909. The van der Waals surface area contributed by atoms with Gasteiger partial charge in [-0.05, 0) is 42.3 Å². The molecule has 0 bridgehead atoms. The molecule has 0 atom stereocenters. The van der Waals surface area contributed by atoms with Crippen molar-refractivity contribution in [3.63, 3.8) is 0 Å². The molecule has 6 heteroatoms. The first-order valence-corrected chi connectivity index (χ1v) is 9.55. The number of nitrogens with one attached hydrogen (secondary N) is 2. The summed E-state index contributed by atoms with van der Waals surface area (Å²) in [6, 6.07) is 20.2. The molecule has 28 heavy (non-hydrogen) atoms. The van der Waals surface area contributed by atoms with E-state index in [1.807, 2.05) is 36.4 Å². The standard InChI is InChI=1S/C22H19BrN2O3/c23-18-9-4-8-17(14-18)21(26)25-20(15-19-10-5-13-28-19)22(27)24-12-11-16-6-2-1-3-7-16/h1-10,13-15H,11-12H2,(H,24,27)(H,25,26)/b20-15+. The fourth-order valence-corrected chi connectivity index (χ4v) is 2.96. The topological polar surface area (TPSA) is 71.3 Å². The fourth-order valence-electron chi connectivity index (χ4n) is 2.56. The summed E-state index contributed by atoms with van der Waals surface area (Å²) in [6.45, 7) is 0.450. The molecule has 1 aromatic heterocycles. The number of halogens is 1. The van der Waals surface area contributed by atoms with Gasteiger partial charge in [-0.25, -0.2) is 0 Å². The summed E-state index contributed by atoms with van der Waals surface area (Å²) in [6.07, 6.45) is 3.71. The minimum absolute atomic E-state index is 0.119. The Labute approximate surface area is 171 Å². The van der Waals surface area contributed by atoms with Crippen molar-refractivity contribution in [3.8, 4) is 0 Å². The molecule has 142 valence electrons. The summed E-state index contributed by atoms with van der Waals surface area (Å²) in [5.41, 5.74) is 1.68. The van der Waals surface area contributed by atoms with Gasteiger partial charge in [0.25, 0.3) is 11.8 Å². The zero-order chi connectivity index (χ0) is 19.8. The van der Waals surface area contributed by atoms with E-state index in [-0.39, 0.29) is 17.5 Å². The molecule has 0 spiro atoms. The van der Waals surface area contributed by atoms with Gasteiger partial charge < -0.3 is 15.1 Å². The van der Waals surface area contributed by atoms with Crippen LogP contribution < -0.4 is 10.6 Å². The van der Waals surface area contributed by atoms with Gasteiger partial charge >= 0.3 is 0 Å². The molecule has 0 saturated heterocycles. The van der Waals surface area contributed by atoms with E-state index in [9.17, 15) is 9.59 Å². The molecule has 3 aromatic rings. The Hall–Kier alpha value is -3.12. The SMILES string of the molecule is O=C(NCCc1ccccc1)/C(=C\c1ccco1)NC(=O)c1cccc(Br)c1. The number of carbonyl (C=O) groups excluding carboxylic acids is 2. The van der Waals surface area contributed by atoms with E-state index in [0.717, 1.165) is 10.0 Å². The van der Waals surface area contributed by atoms with E-state index in [0.29, 0.717) is 24.3 Å². The van der Waals surface area contributed by atoms with E-state index < -0.39 is 0 Å². The highest BCUT2D eigenvalue weighted by Gasteiger charge is 2.15. The van der Waals surface area contributed by atoms with Gasteiger partial charge in [-0.15, -0.1) is 0 Å². The maximum Gasteiger partial charge on any atom is 0.267 e. The first-order valence-electron chi connectivity index (χ1n) is 8.76. The molecule has 2 N–H and O–H groups in total. The van der Waals surface area contributed by atoms with E-state index in [1.54, 1.807) is 30.3 Å². The lowest BCUT2D eigenvalue weighted by atomic mass is 10.1. The van der Waals surface area contributed by atoms with Gasteiger partial charge in [0.2, 0.25) is 0 Å². The minimum atomic E-state index is -0.379. The molecule has 2 aromatic carbocycles. The molecule has 0 unspecified atom stereocenters. The van der Waals surface area contributed by atoms with Crippen molar-refractivity contribution in [1.29, 1.82) is 0 Å². The lowest BCUT2D eigenvalue weighted by molar-refractivity contribution is -0.117. The maximum atomic E-state index is 12.6. The number of hydrogen-bond donors (Lipinski definition) is 2. The number of amides is 2. The Morgan fingerprint density at radius 2 is 1.82 bits per heavy atom. The highest BCUT2D eigenvalue weighted by Crippen LogP contribution is 2.13. The van der Waals surface area contributed by atoms with Crippen LogP contribution in [-0.4, -0.2) is 18.4 Å². The van der Waals surface area contributed by atoms with Crippen LogP contribution in [0.25, 0.3) is 6.08 Å². The Kier molecular flexibility index (Phi) is 6.81. The molecular formula is C22H19BrN2O3. The van der Waals surface area contributed by atoms with Gasteiger partial charge in [0.15, 0.2) is 0 Å². The van der Waals surface area contributed by atoms with Gasteiger partial charge in [-0.3, -0.25) is 9.59 Å². The van der Waals surface area contributed by atoms with E-state index in [4.69, 9.17) is 4.42 Å². The van der Waals surface area contributed by atoms with Gasteiger partial charge in [0.1, 0.15) is 11.5 Å². The van der Waals surface area contributed by atoms with E-state index in [1.165, 1.54) is 12.3 Å². The summed E-state index contributed by atoms with van der Waals surface area (Å²) in [7, 11) is 0. The van der Waals surface area contributed by atoms with Crippen molar-refractivity contribution in [1.82, 2.24) is 10.6 Å². The average molecular weight is 439 g/mol. The van der Waals surface area contributed by atoms with Crippen molar-refractivity contribution in [3.05, 3.63) is 100 Å². The predicted octanol–water partition coefficient (Wildman–Crippen LogP) is 4.17. The van der Waals surface area contributed by atoms with Crippen molar-refractivity contribution in [2.24, 2.45) is 0 Å². The first kappa shape index (κ1) is 19.6. The first-order chi connectivity index (χ1) is 13.6. The summed E-state index contributed by atoms with van der Waals surface area (Å²) in [4.78, 5) is 25.2. The second-order valence-electron chi connectivity index (χ2n) is 6.03. The quantitative estimate of drug-likeness (QED) is 0.543. The smallest absolute Gasteiger partial charge is 0.267 e. The summed E-state index contributed by atoms with van der Waals surface area (Å²) in [5, 5.41) is 5.52. The van der Waals surface area contributed by atoms with Crippen LogP contribution in [0.1, 0.15) is 21.7 Å². The number of furan rings is 1. The molecule has 0 saturated carbocycles. The number of rotatable bonds is 7. The zero-order valence-corrected chi connectivity index (χ0v) is 16.6. The largest absolute Gasteiger partial charge is 0.465 e. The van der Waals surface area contributed by atoms with Gasteiger partial charge in [-0.2, -0.15) is 0 Å². The maximum absolute atomic E-state index is 12.6. The summed E-state index contributed by atoms with van der Waals surface area (Å²) >= 11 is 3.34. The van der Waals surface area contributed by atoms with Crippen molar-refractivity contribution in [2.75, 3.05) is 6.54 Å². The molecule has 3 rings (SSSR count). The molecule has 0 fully saturated rings. The van der Waals surface area contributed by atoms with Gasteiger partial charge in [0.05, 0.1) is 6.26 Å². The Morgan fingerprint density at radius 3 is 2.54 bits per heavy atom. The monoisotopic (exact) mass is 438 g/mol. The van der Waals surface area contributed by atoms with Gasteiger partial charge in [0, 0.05) is 22.7 Å². The van der Waals surface area contributed by atoms with Crippen LogP contribution in [0.2, 0.25) is 0 Å². The third kappa shape index (κ3) is 5.69. The van der Waals surface area contributed by atoms with Crippen LogP contribution in [0.5, 0.6) is 0 Å². The van der Waals surface area contributed by atoms with Crippen LogP contribution in [0, 0.1) is 0 Å². The Bertz CT molecular complexity index is 966. The van der Waals surface area contributed by atoms with Gasteiger partial charge in [-0.1, -0.05) is 52.3 Å². The van der Waals surface area contributed by atoms with Crippen LogP contribution in [-0.2, 0) is 11.2 Å². The van der Waals surface area contributed by atoms with E-state index in [2.05, 4.69) is 26.6 Å². The van der Waals surface area contributed by atoms with Crippen LogP contribution >= 0.6 is 15.9 Å². The third-order valence-electron chi connectivity index (χ3n) is 3.95. The highest BCUT2D eigenvalue weighted by atomic mass is 79.9. The molecule has 2 amide bonds. The third-order valence-corrected chi connectivity index (χ3v) is 4.44. The minimum Gasteiger partial charge on any atom is -0.465 e. The lowest BCUT2D eigenvalue weighted by Crippen LogP contribution is -2.35. The highest BCUT2D eigenvalue weighted by molar-refractivity contribution is 9.10. The average Bonchev–Trinajstić information content (AvgIpc) is 3.21. The normalized spacial score (nSPS) is 11.1. The second kappa shape index (κ2) is 9.71. The second-order valence-corrected chi connectivity index (χ2v) is 6.95. The predicted molar refractivity (Wildman–Crippen MR) is 111 cm³/mol. The summed E-state index contributed by atoms with van der Waals surface area (Å²) < 4.78 is 6.06. The summed E-state index contributed by atoms with van der Waals surface area (Å²) in [5.74, 6) is -0.282. The number of carbonyl (C=O) groups is 2. The Balaban J connectivity index is 1.69. The molecular weight excluding hydrogens is 420 g/mol. The van der Waals surface area contributed by atoms with Crippen LogP contribution in [0.3, 0.4) is 0 Å². The molecule has 0 aliphatic carbocycles. The zero-order valence-electron chi connectivity index (χ0n) is 15.0. The van der Waals surface area contributed by atoms with Crippen molar-refractivity contribution in [2.45, 2.75) is 6.42 Å². The number of hydrogen-bond acceptors (Lipinski definition) is 3. The number of benzene rings is 2. The molecule has 5 nitrogen and oxygen atoms in total. The molecule has 0 radical (unpaired) electrons. The molecule has 0 aliphatic rings. The van der Waals surface area contributed by atoms with Crippen molar-refractivity contribution < 1.29 is 14.0 Å². The van der Waals surface area contributed by atoms with Crippen LogP contribution in [0.15, 0.2) is 87.6 Å². The van der Waals surface area contributed by atoms with E-state index >= 15 is 0 Å². The lowest BCUT2D eigenvalue weighted by Gasteiger charge is -2.11. The molecule has 0 aliphatic heterocycles.